The van der Waals surface area contributed by atoms with Crippen LogP contribution >= 0.6 is 11.6 Å². The number of rotatable bonds is 6. The molecule has 1 amide bonds. The maximum atomic E-state index is 11.9. The average Bonchev–Trinajstić information content (AvgIpc) is 2.37. The van der Waals surface area contributed by atoms with E-state index in [1.54, 1.807) is 18.0 Å². The minimum atomic E-state index is -0.0645. The van der Waals surface area contributed by atoms with Crippen molar-refractivity contribution in [3.05, 3.63) is 28.8 Å². The van der Waals surface area contributed by atoms with Gasteiger partial charge in [0.2, 0.25) is 0 Å². The van der Waals surface area contributed by atoms with Crippen molar-refractivity contribution < 1.29 is 9.53 Å². The quantitative estimate of drug-likeness (QED) is 0.872. The molecule has 5 heteroatoms. The van der Waals surface area contributed by atoms with Crippen LogP contribution in [0.2, 0.25) is 5.02 Å². The van der Waals surface area contributed by atoms with Gasteiger partial charge in [0.15, 0.2) is 6.61 Å². The van der Waals surface area contributed by atoms with Gasteiger partial charge in [-0.2, -0.15) is 0 Å². The van der Waals surface area contributed by atoms with Crippen LogP contribution in [-0.4, -0.2) is 37.6 Å². The summed E-state index contributed by atoms with van der Waals surface area (Å²) in [7, 11) is 3.61. The normalized spacial score (nSPS) is 10.6. The minimum absolute atomic E-state index is 0.00483. The molecule has 1 aromatic carbocycles. The van der Waals surface area contributed by atoms with Crippen molar-refractivity contribution in [2.45, 2.75) is 26.4 Å². The zero-order valence-electron chi connectivity index (χ0n) is 11.9. The van der Waals surface area contributed by atoms with Gasteiger partial charge in [0.05, 0.1) is 5.02 Å². The Morgan fingerprint density at radius 2 is 2.16 bits per heavy atom. The first kappa shape index (κ1) is 15.8. The van der Waals surface area contributed by atoms with Crippen LogP contribution in [0.1, 0.15) is 19.4 Å². The second kappa shape index (κ2) is 7.36. The van der Waals surface area contributed by atoms with E-state index in [4.69, 9.17) is 16.3 Å². The SMILES string of the molecule is CNCc1cccc(Cl)c1OCC(=O)N(C)C(C)C. The first-order chi connectivity index (χ1) is 8.97. The fourth-order valence-corrected chi connectivity index (χ4v) is 1.82. The fraction of sp³-hybridized carbons (Fsp3) is 0.500. The van der Waals surface area contributed by atoms with Crippen molar-refractivity contribution in [1.29, 1.82) is 0 Å². The van der Waals surface area contributed by atoms with Crippen molar-refractivity contribution in [3.8, 4) is 5.75 Å². The third-order valence-corrected chi connectivity index (χ3v) is 3.22. The van der Waals surface area contributed by atoms with E-state index in [0.717, 1.165) is 5.56 Å². The third kappa shape index (κ3) is 4.40. The van der Waals surface area contributed by atoms with Crippen molar-refractivity contribution in [3.63, 3.8) is 0 Å². The largest absolute Gasteiger partial charge is 0.482 e. The van der Waals surface area contributed by atoms with Gasteiger partial charge in [0.25, 0.3) is 5.91 Å². The van der Waals surface area contributed by atoms with Gasteiger partial charge in [-0.1, -0.05) is 23.7 Å². The summed E-state index contributed by atoms with van der Waals surface area (Å²) < 4.78 is 5.59. The average molecular weight is 285 g/mol. The van der Waals surface area contributed by atoms with Gasteiger partial charge >= 0.3 is 0 Å². The molecular weight excluding hydrogens is 264 g/mol. The van der Waals surface area contributed by atoms with Gasteiger partial charge in [0, 0.05) is 25.2 Å². The Labute approximate surface area is 119 Å². The molecule has 0 radical (unpaired) electrons. The Bertz CT molecular complexity index is 435. The predicted molar refractivity (Wildman–Crippen MR) is 77.6 cm³/mol. The lowest BCUT2D eigenvalue weighted by Crippen LogP contribution is -2.36. The predicted octanol–water partition coefficient (Wildman–Crippen LogP) is 2.31. The van der Waals surface area contributed by atoms with E-state index in [-0.39, 0.29) is 18.6 Å². The number of halogens is 1. The number of hydrogen-bond acceptors (Lipinski definition) is 3. The maximum Gasteiger partial charge on any atom is 0.260 e. The van der Waals surface area contributed by atoms with Gasteiger partial charge in [-0.25, -0.2) is 0 Å². The van der Waals surface area contributed by atoms with E-state index < -0.39 is 0 Å². The smallest absolute Gasteiger partial charge is 0.260 e. The molecule has 1 N–H and O–H groups in total. The van der Waals surface area contributed by atoms with E-state index in [1.165, 1.54) is 0 Å². The number of para-hydroxylation sites is 1. The van der Waals surface area contributed by atoms with Crippen LogP contribution in [0.15, 0.2) is 18.2 Å². The monoisotopic (exact) mass is 284 g/mol. The topological polar surface area (TPSA) is 41.6 Å². The third-order valence-electron chi connectivity index (χ3n) is 2.92. The first-order valence-electron chi connectivity index (χ1n) is 6.27. The molecule has 0 fully saturated rings. The highest BCUT2D eigenvalue weighted by Crippen LogP contribution is 2.28. The summed E-state index contributed by atoms with van der Waals surface area (Å²) in [6.07, 6.45) is 0. The van der Waals surface area contributed by atoms with E-state index in [9.17, 15) is 4.79 Å². The number of benzene rings is 1. The molecule has 1 aromatic rings. The summed E-state index contributed by atoms with van der Waals surface area (Å²) >= 11 is 6.11. The summed E-state index contributed by atoms with van der Waals surface area (Å²) in [5, 5.41) is 3.57. The number of nitrogens with one attached hydrogen (secondary N) is 1. The fourth-order valence-electron chi connectivity index (χ4n) is 1.57. The van der Waals surface area contributed by atoms with Crippen molar-refractivity contribution in [1.82, 2.24) is 10.2 Å². The van der Waals surface area contributed by atoms with Gasteiger partial charge in [-0.3, -0.25) is 4.79 Å². The number of ether oxygens (including phenoxy) is 1. The molecule has 19 heavy (non-hydrogen) atoms. The van der Waals surface area contributed by atoms with E-state index in [2.05, 4.69) is 5.32 Å². The number of nitrogens with zero attached hydrogens (tertiary/aromatic N) is 1. The minimum Gasteiger partial charge on any atom is -0.482 e. The number of carbonyl (C=O) groups excluding carboxylic acids is 1. The molecule has 1 rings (SSSR count). The van der Waals surface area contributed by atoms with Crippen LogP contribution in [0.4, 0.5) is 0 Å². The summed E-state index contributed by atoms with van der Waals surface area (Å²) in [5.74, 6) is 0.509. The van der Waals surface area contributed by atoms with Crippen molar-refractivity contribution >= 4 is 17.5 Å². The number of likely N-dealkylation sites (N-methyl/N-ethyl adjacent to an activating group) is 1. The molecule has 0 atom stereocenters. The Balaban J connectivity index is 2.74. The highest BCUT2D eigenvalue weighted by Gasteiger charge is 2.15. The van der Waals surface area contributed by atoms with E-state index in [0.29, 0.717) is 17.3 Å². The van der Waals surface area contributed by atoms with E-state index >= 15 is 0 Å². The van der Waals surface area contributed by atoms with Crippen molar-refractivity contribution in [2.75, 3.05) is 20.7 Å². The zero-order valence-corrected chi connectivity index (χ0v) is 12.6. The maximum absolute atomic E-state index is 11.9. The molecule has 0 aliphatic rings. The summed E-state index contributed by atoms with van der Waals surface area (Å²) in [6.45, 7) is 4.55. The van der Waals surface area contributed by atoms with Gasteiger partial charge in [0.1, 0.15) is 5.75 Å². The summed E-state index contributed by atoms with van der Waals surface area (Å²) in [6, 6.07) is 5.70. The second-order valence-corrected chi connectivity index (χ2v) is 5.05. The Morgan fingerprint density at radius 1 is 1.47 bits per heavy atom. The number of amides is 1. The molecule has 0 unspecified atom stereocenters. The number of carbonyl (C=O) groups is 1. The molecule has 0 bridgehead atoms. The van der Waals surface area contributed by atoms with Crippen LogP contribution < -0.4 is 10.1 Å². The van der Waals surface area contributed by atoms with Crippen LogP contribution in [0.5, 0.6) is 5.75 Å². The molecular formula is C14H21ClN2O2. The summed E-state index contributed by atoms with van der Waals surface area (Å²) in [5.41, 5.74) is 0.940. The molecule has 0 heterocycles. The highest BCUT2D eigenvalue weighted by atomic mass is 35.5. The molecule has 0 saturated carbocycles. The number of hydrogen-bond donors (Lipinski definition) is 1. The standard InChI is InChI=1S/C14H21ClN2O2/c1-10(2)17(4)13(18)9-19-14-11(8-16-3)6-5-7-12(14)15/h5-7,10,16H,8-9H2,1-4H3. The molecule has 0 aliphatic heterocycles. The highest BCUT2D eigenvalue weighted by molar-refractivity contribution is 6.32. The lowest BCUT2D eigenvalue weighted by atomic mass is 10.2. The molecule has 0 saturated heterocycles. The Kier molecular flexibility index (Phi) is 6.12. The lowest BCUT2D eigenvalue weighted by Gasteiger charge is -2.22. The molecule has 4 nitrogen and oxygen atoms in total. The van der Waals surface area contributed by atoms with Gasteiger partial charge in [-0.15, -0.1) is 0 Å². The molecule has 0 aliphatic carbocycles. The van der Waals surface area contributed by atoms with E-state index in [1.807, 2.05) is 33.0 Å². The Morgan fingerprint density at radius 3 is 2.74 bits per heavy atom. The first-order valence-corrected chi connectivity index (χ1v) is 6.65. The van der Waals surface area contributed by atoms with Crippen LogP contribution in [0.3, 0.4) is 0 Å². The molecule has 0 spiro atoms. The summed E-state index contributed by atoms with van der Waals surface area (Å²) in [4.78, 5) is 13.5. The second-order valence-electron chi connectivity index (χ2n) is 4.65. The molecule has 0 aromatic heterocycles. The van der Waals surface area contributed by atoms with Gasteiger partial charge in [-0.05, 0) is 27.0 Å². The molecule has 106 valence electrons. The zero-order chi connectivity index (χ0) is 14.4. The van der Waals surface area contributed by atoms with Crippen LogP contribution in [0, 0.1) is 0 Å². The van der Waals surface area contributed by atoms with Crippen molar-refractivity contribution in [2.24, 2.45) is 0 Å². The van der Waals surface area contributed by atoms with Crippen LogP contribution in [0.25, 0.3) is 0 Å². The Hall–Kier alpha value is -1.26. The van der Waals surface area contributed by atoms with Crippen LogP contribution in [-0.2, 0) is 11.3 Å². The lowest BCUT2D eigenvalue weighted by molar-refractivity contribution is -0.133. The van der Waals surface area contributed by atoms with Gasteiger partial charge < -0.3 is 15.0 Å².